The molecule has 6 nitrogen and oxygen atoms in total. The van der Waals surface area contributed by atoms with Gasteiger partial charge in [0.05, 0.1) is 5.02 Å². The highest BCUT2D eigenvalue weighted by Gasteiger charge is 2.23. The first kappa shape index (κ1) is 22.6. The Bertz CT molecular complexity index is 1170. The van der Waals surface area contributed by atoms with E-state index in [1.807, 2.05) is 66.4 Å². The van der Waals surface area contributed by atoms with Gasteiger partial charge in [0, 0.05) is 38.3 Å². The van der Waals surface area contributed by atoms with Gasteiger partial charge in [-0.15, -0.1) is 0 Å². The first-order valence-electron chi connectivity index (χ1n) is 11.4. The van der Waals surface area contributed by atoms with E-state index in [2.05, 4.69) is 11.0 Å². The fourth-order valence-electron chi connectivity index (χ4n) is 4.21. The molecule has 0 atom stereocenters. The van der Waals surface area contributed by atoms with E-state index in [1.165, 1.54) is 5.56 Å². The SMILES string of the molecule is Cc1ccc(Cl)c(OCc2ccc(C(=O)N3CCN(Cc4ccc5c(c4)OCO5)CC3)cc2)c1. The molecule has 2 aliphatic heterocycles. The number of benzene rings is 3. The van der Waals surface area contributed by atoms with Gasteiger partial charge in [-0.25, -0.2) is 0 Å². The van der Waals surface area contributed by atoms with E-state index in [0.29, 0.717) is 36.0 Å². The van der Waals surface area contributed by atoms with Gasteiger partial charge >= 0.3 is 0 Å². The number of ether oxygens (including phenoxy) is 3. The summed E-state index contributed by atoms with van der Waals surface area (Å²) in [7, 11) is 0. The van der Waals surface area contributed by atoms with Gasteiger partial charge in [0.2, 0.25) is 6.79 Å². The number of rotatable bonds is 6. The van der Waals surface area contributed by atoms with Crippen LogP contribution in [0.3, 0.4) is 0 Å². The smallest absolute Gasteiger partial charge is 0.253 e. The van der Waals surface area contributed by atoms with Gasteiger partial charge in [-0.05, 0) is 60.0 Å². The molecule has 0 unspecified atom stereocenters. The van der Waals surface area contributed by atoms with Crippen LogP contribution in [0.15, 0.2) is 60.7 Å². The van der Waals surface area contributed by atoms with E-state index in [9.17, 15) is 4.79 Å². The Morgan fingerprint density at radius 3 is 2.44 bits per heavy atom. The standard InChI is InChI=1S/C27H27ClN2O4/c1-19-2-8-23(28)25(14-19)32-17-20-3-6-22(7-4-20)27(31)30-12-10-29(11-13-30)16-21-5-9-24-26(15-21)34-18-33-24/h2-9,14-15H,10-13,16-18H2,1H3. The summed E-state index contributed by atoms with van der Waals surface area (Å²) < 4.78 is 16.7. The van der Waals surface area contributed by atoms with E-state index < -0.39 is 0 Å². The number of carbonyl (C=O) groups is 1. The zero-order valence-electron chi connectivity index (χ0n) is 19.1. The third-order valence-corrected chi connectivity index (χ3v) is 6.50. The number of hydrogen-bond donors (Lipinski definition) is 0. The molecule has 7 heteroatoms. The number of aryl methyl sites for hydroxylation is 1. The Labute approximate surface area is 204 Å². The Balaban J connectivity index is 1.12. The maximum absolute atomic E-state index is 13.0. The molecule has 1 saturated heterocycles. The van der Waals surface area contributed by atoms with Crippen molar-refractivity contribution in [2.75, 3.05) is 33.0 Å². The van der Waals surface area contributed by atoms with Crippen LogP contribution < -0.4 is 14.2 Å². The van der Waals surface area contributed by atoms with E-state index in [0.717, 1.165) is 42.3 Å². The molecule has 3 aromatic carbocycles. The second kappa shape index (κ2) is 9.95. The van der Waals surface area contributed by atoms with E-state index in [1.54, 1.807) is 0 Å². The van der Waals surface area contributed by atoms with Crippen molar-refractivity contribution >= 4 is 17.5 Å². The highest BCUT2D eigenvalue weighted by Crippen LogP contribution is 2.33. The predicted molar refractivity (Wildman–Crippen MR) is 131 cm³/mol. The minimum atomic E-state index is 0.0666. The first-order chi connectivity index (χ1) is 16.5. The average molecular weight is 479 g/mol. The molecule has 176 valence electrons. The highest BCUT2D eigenvalue weighted by atomic mass is 35.5. The number of piperazine rings is 1. The number of amides is 1. The Morgan fingerprint density at radius 1 is 0.912 bits per heavy atom. The number of fused-ring (bicyclic) bond motifs is 1. The van der Waals surface area contributed by atoms with Gasteiger partial charge in [0.1, 0.15) is 12.4 Å². The van der Waals surface area contributed by atoms with Crippen molar-refractivity contribution in [1.29, 1.82) is 0 Å². The molecule has 5 rings (SSSR count). The van der Waals surface area contributed by atoms with Crippen molar-refractivity contribution in [3.63, 3.8) is 0 Å². The minimum Gasteiger partial charge on any atom is -0.487 e. The van der Waals surface area contributed by atoms with Crippen LogP contribution >= 0.6 is 11.6 Å². The third-order valence-electron chi connectivity index (χ3n) is 6.18. The number of hydrogen-bond acceptors (Lipinski definition) is 5. The fourth-order valence-corrected chi connectivity index (χ4v) is 4.39. The van der Waals surface area contributed by atoms with Crippen molar-refractivity contribution in [2.24, 2.45) is 0 Å². The molecule has 2 heterocycles. The van der Waals surface area contributed by atoms with Crippen LogP contribution in [0.4, 0.5) is 0 Å². The second-order valence-corrected chi connectivity index (χ2v) is 9.08. The van der Waals surface area contributed by atoms with E-state index in [-0.39, 0.29) is 12.7 Å². The summed E-state index contributed by atoms with van der Waals surface area (Å²) in [6.45, 7) is 6.61. The molecule has 0 bridgehead atoms. The molecule has 34 heavy (non-hydrogen) atoms. The minimum absolute atomic E-state index is 0.0666. The Hall–Kier alpha value is -3.22. The monoisotopic (exact) mass is 478 g/mol. The molecule has 1 amide bonds. The molecule has 0 saturated carbocycles. The Kier molecular flexibility index (Phi) is 6.61. The summed E-state index contributed by atoms with van der Waals surface area (Å²) in [6, 6.07) is 19.4. The summed E-state index contributed by atoms with van der Waals surface area (Å²) in [5.74, 6) is 2.34. The zero-order valence-corrected chi connectivity index (χ0v) is 19.9. The lowest BCUT2D eigenvalue weighted by molar-refractivity contribution is 0.0628. The van der Waals surface area contributed by atoms with Crippen LogP contribution in [0, 0.1) is 6.92 Å². The average Bonchev–Trinajstić information content (AvgIpc) is 3.33. The van der Waals surface area contributed by atoms with Crippen LogP contribution in [-0.2, 0) is 13.2 Å². The summed E-state index contributed by atoms with van der Waals surface area (Å²) in [4.78, 5) is 17.3. The molecule has 0 aromatic heterocycles. The topological polar surface area (TPSA) is 51.2 Å². The number of halogens is 1. The molecule has 3 aromatic rings. The molecule has 0 aliphatic carbocycles. The lowest BCUT2D eigenvalue weighted by Crippen LogP contribution is -2.48. The fraction of sp³-hybridized carbons (Fsp3) is 0.296. The lowest BCUT2D eigenvalue weighted by Gasteiger charge is -2.34. The molecule has 0 radical (unpaired) electrons. The van der Waals surface area contributed by atoms with Crippen LogP contribution in [0.25, 0.3) is 0 Å². The molecular weight excluding hydrogens is 452 g/mol. The molecule has 1 fully saturated rings. The van der Waals surface area contributed by atoms with Gasteiger partial charge in [-0.3, -0.25) is 9.69 Å². The molecular formula is C27H27ClN2O4. The van der Waals surface area contributed by atoms with Crippen molar-refractivity contribution in [1.82, 2.24) is 9.80 Å². The van der Waals surface area contributed by atoms with Crippen molar-refractivity contribution in [3.05, 3.63) is 87.9 Å². The molecule has 0 spiro atoms. The largest absolute Gasteiger partial charge is 0.487 e. The zero-order chi connectivity index (χ0) is 23.5. The van der Waals surface area contributed by atoms with Gasteiger partial charge in [0.15, 0.2) is 11.5 Å². The van der Waals surface area contributed by atoms with Gasteiger partial charge < -0.3 is 19.1 Å². The number of carbonyl (C=O) groups excluding carboxylic acids is 1. The van der Waals surface area contributed by atoms with Gasteiger partial charge in [0.25, 0.3) is 5.91 Å². The third kappa shape index (κ3) is 5.13. The van der Waals surface area contributed by atoms with E-state index in [4.69, 9.17) is 25.8 Å². The summed E-state index contributed by atoms with van der Waals surface area (Å²) >= 11 is 6.20. The first-order valence-corrected chi connectivity index (χ1v) is 11.8. The Morgan fingerprint density at radius 2 is 1.65 bits per heavy atom. The van der Waals surface area contributed by atoms with Crippen molar-refractivity contribution in [3.8, 4) is 17.2 Å². The lowest BCUT2D eigenvalue weighted by atomic mass is 10.1. The molecule has 2 aliphatic rings. The van der Waals surface area contributed by atoms with E-state index >= 15 is 0 Å². The quantitative estimate of drug-likeness (QED) is 0.503. The number of nitrogens with zero attached hydrogens (tertiary/aromatic N) is 2. The van der Waals surface area contributed by atoms with Crippen molar-refractivity contribution in [2.45, 2.75) is 20.1 Å². The highest BCUT2D eigenvalue weighted by molar-refractivity contribution is 6.32. The normalized spacial score (nSPS) is 15.4. The van der Waals surface area contributed by atoms with Gasteiger partial charge in [-0.2, -0.15) is 0 Å². The second-order valence-electron chi connectivity index (χ2n) is 8.68. The molecule has 0 N–H and O–H groups in total. The maximum Gasteiger partial charge on any atom is 0.253 e. The van der Waals surface area contributed by atoms with Crippen LogP contribution in [0.1, 0.15) is 27.0 Å². The summed E-state index contributed by atoms with van der Waals surface area (Å²) in [5.41, 5.74) is 3.97. The predicted octanol–water partition coefficient (Wildman–Crippen LogP) is 4.91. The van der Waals surface area contributed by atoms with Crippen LogP contribution in [0.5, 0.6) is 17.2 Å². The van der Waals surface area contributed by atoms with Gasteiger partial charge in [-0.1, -0.05) is 35.9 Å². The summed E-state index contributed by atoms with van der Waals surface area (Å²) in [6.07, 6.45) is 0. The maximum atomic E-state index is 13.0. The summed E-state index contributed by atoms with van der Waals surface area (Å²) in [5, 5.41) is 0.593. The van der Waals surface area contributed by atoms with Crippen molar-refractivity contribution < 1.29 is 19.0 Å². The van der Waals surface area contributed by atoms with Crippen LogP contribution in [0.2, 0.25) is 5.02 Å². The van der Waals surface area contributed by atoms with Crippen LogP contribution in [-0.4, -0.2) is 48.7 Å².